The highest BCUT2D eigenvalue weighted by molar-refractivity contribution is 5.81. The fourth-order valence-corrected chi connectivity index (χ4v) is 3.49. The van der Waals surface area contributed by atoms with Crippen LogP contribution in [0.25, 0.3) is 0 Å². The first-order valence-electron chi connectivity index (χ1n) is 7.41. The predicted molar refractivity (Wildman–Crippen MR) is 71.0 cm³/mol. The van der Waals surface area contributed by atoms with Gasteiger partial charge in [0.2, 0.25) is 0 Å². The van der Waals surface area contributed by atoms with E-state index in [1.165, 1.54) is 12.8 Å². The lowest BCUT2D eigenvalue weighted by Crippen LogP contribution is -2.57. The Morgan fingerprint density at radius 2 is 2.00 bits per heavy atom. The number of ether oxygens (including phenoxy) is 2. The predicted octanol–water partition coefficient (Wildman–Crippen LogP) is 0.489. The molecule has 3 rings (SSSR count). The van der Waals surface area contributed by atoms with Crippen LogP contribution in [0.15, 0.2) is 0 Å². The summed E-state index contributed by atoms with van der Waals surface area (Å²) in [5, 5.41) is 0. The summed E-state index contributed by atoms with van der Waals surface area (Å²) in [6.45, 7) is 4.43. The molecule has 1 amide bonds. The summed E-state index contributed by atoms with van der Waals surface area (Å²) in [6, 6.07) is 0. The van der Waals surface area contributed by atoms with Gasteiger partial charge in [0, 0.05) is 26.2 Å². The van der Waals surface area contributed by atoms with Crippen molar-refractivity contribution in [3.05, 3.63) is 0 Å². The van der Waals surface area contributed by atoms with E-state index in [0.29, 0.717) is 26.3 Å². The van der Waals surface area contributed by atoms with E-state index >= 15 is 0 Å². The van der Waals surface area contributed by atoms with Gasteiger partial charge in [-0.25, -0.2) is 0 Å². The molecule has 0 radical (unpaired) electrons. The molecule has 0 aromatic carbocycles. The van der Waals surface area contributed by atoms with Crippen molar-refractivity contribution in [2.75, 3.05) is 46.4 Å². The van der Waals surface area contributed by atoms with Gasteiger partial charge in [0.1, 0.15) is 6.10 Å². The minimum Gasteiger partial charge on any atom is -0.371 e. The van der Waals surface area contributed by atoms with Gasteiger partial charge in [0.05, 0.1) is 18.8 Å². The van der Waals surface area contributed by atoms with Crippen molar-refractivity contribution in [2.45, 2.75) is 37.4 Å². The van der Waals surface area contributed by atoms with E-state index in [0.717, 1.165) is 25.9 Å². The molecular weight excluding hydrogens is 244 g/mol. The molecule has 0 bridgehead atoms. The van der Waals surface area contributed by atoms with Gasteiger partial charge >= 0.3 is 0 Å². The first kappa shape index (κ1) is 13.3. The van der Waals surface area contributed by atoms with Gasteiger partial charge in [0.25, 0.3) is 5.91 Å². The van der Waals surface area contributed by atoms with Gasteiger partial charge in [0.15, 0.2) is 0 Å². The summed E-state index contributed by atoms with van der Waals surface area (Å²) in [4.78, 5) is 16.7. The number of morpholine rings is 2. The van der Waals surface area contributed by atoms with Crippen LogP contribution in [0.1, 0.15) is 25.7 Å². The molecule has 2 saturated heterocycles. The SMILES string of the molecule is CN1CCOC(C(=O)N2CCOC3(CCCC3)C2)C1. The Kier molecular flexibility index (Phi) is 3.78. The van der Waals surface area contributed by atoms with Crippen molar-refractivity contribution < 1.29 is 14.3 Å². The zero-order valence-electron chi connectivity index (χ0n) is 11.8. The maximum atomic E-state index is 12.6. The third-order valence-electron chi connectivity index (χ3n) is 4.62. The van der Waals surface area contributed by atoms with E-state index in [4.69, 9.17) is 9.47 Å². The quantitative estimate of drug-likeness (QED) is 0.694. The van der Waals surface area contributed by atoms with Crippen LogP contribution in [-0.2, 0) is 14.3 Å². The lowest BCUT2D eigenvalue weighted by atomic mass is 9.99. The fraction of sp³-hybridized carbons (Fsp3) is 0.929. The molecule has 0 aromatic rings. The Morgan fingerprint density at radius 1 is 1.21 bits per heavy atom. The number of amides is 1. The number of likely N-dealkylation sites (N-methyl/N-ethyl adjacent to an activating group) is 1. The summed E-state index contributed by atoms with van der Waals surface area (Å²) >= 11 is 0. The first-order valence-corrected chi connectivity index (χ1v) is 7.41. The maximum Gasteiger partial charge on any atom is 0.253 e. The zero-order chi connectivity index (χ0) is 13.3. The van der Waals surface area contributed by atoms with Gasteiger partial charge in [-0.15, -0.1) is 0 Å². The summed E-state index contributed by atoms with van der Waals surface area (Å²) in [7, 11) is 2.04. The highest BCUT2D eigenvalue weighted by Gasteiger charge is 2.42. The zero-order valence-corrected chi connectivity index (χ0v) is 11.8. The average molecular weight is 268 g/mol. The summed E-state index contributed by atoms with van der Waals surface area (Å²) in [5.41, 5.74) is -0.0471. The standard InChI is InChI=1S/C14H24N2O3/c1-15-6-8-18-12(10-15)13(17)16-7-9-19-14(11-16)4-2-3-5-14/h12H,2-11H2,1H3. The fourth-order valence-electron chi connectivity index (χ4n) is 3.49. The lowest BCUT2D eigenvalue weighted by Gasteiger charge is -2.42. The summed E-state index contributed by atoms with van der Waals surface area (Å²) in [5.74, 6) is 0.154. The van der Waals surface area contributed by atoms with E-state index in [1.54, 1.807) is 0 Å². The third-order valence-corrected chi connectivity index (χ3v) is 4.62. The van der Waals surface area contributed by atoms with E-state index in [-0.39, 0.29) is 17.6 Å². The van der Waals surface area contributed by atoms with Gasteiger partial charge < -0.3 is 19.3 Å². The Labute approximate surface area is 114 Å². The number of carbonyl (C=O) groups is 1. The smallest absolute Gasteiger partial charge is 0.253 e. The normalized spacial score (nSPS) is 31.8. The van der Waals surface area contributed by atoms with Crippen molar-refractivity contribution in [3.63, 3.8) is 0 Å². The molecule has 0 aromatic heterocycles. The van der Waals surface area contributed by atoms with Crippen LogP contribution in [0.5, 0.6) is 0 Å². The van der Waals surface area contributed by atoms with Crippen molar-refractivity contribution in [1.82, 2.24) is 9.80 Å². The van der Waals surface area contributed by atoms with Gasteiger partial charge in [-0.2, -0.15) is 0 Å². The molecule has 3 fully saturated rings. The van der Waals surface area contributed by atoms with Crippen LogP contribution in [0.3, 0.4) is 0 Å². The second-order valence-corrected chi connectivity index (χ2v) is 6.12. The number of rotatable bonds is 1. The molecule has 1 aliphatic carbocycles. The highest BCUT2D eigenvalue weighted by atomic mass is 16.5. The summed E-state index contributed by atoms with van der Waals surface area (Å²) < 4.78 is 11.6. The highest BCUT2D eigenvalue weighted by Crippen LogP contribution is 2.36. The summed E-state index contributed by atoms with van der Waals surface area (Å²) in [6.07, 6.45) is 4.37. The topological polar surface area (TPSA) is 42.0 Å². The van der Waals surface area contributed by atoms with Crippen molar-refractivity contribution in [2.24, 2.45) is 0 Å². The van der Waals surface area contributed by atoms with E-state index in [1.807, 2.05) is 11.9 Å². The Hall–Kier alpha value is -0.650. The van der Waals surface area contributed by atoms with E-state index in [9.17, 15) is 4.79 Å². The van der Waals surface area contributed by atoms with Crippen molar-refractivity contribution in [3.8, 4) is 0 Å². The molecule has 0 N–H and O–H groups in total. The molecule has 108 valence electrons. The molecule has 1 unspecified atom stereocenters. The van der Waals surface area contributed by atoms with Gasteiger partial charge in [-0.1, -0.05) is 12.8 Å². The molecule has 2 aliphatic heterocycles. The number of hydrogen-bond donors (Lipinski definition) is 0. The first-order chi connectivity index (χ1) is 9.19. The molecule has 1 atom stereocenters. The van der Waals surface area contributed by atoms with Crippen molar-refractivity contribution >= 4 is 5.91 Å². The van der Waals surface area contributed by atoms with Crippen LogP contribution in [0.4, 0.5) is 0 Å². The van der Waals surface area contributed by atoms with Crippen LogP contribution < -0.4 is 0 Å². The molecule has 2 heterocycles. The van der Waals surface area contributed by atoms with E-state index < -0.39 is 0 Å². The molecule has 5 nitrogen and oxygen atoms in total. The van der Waals surface area contributed by atoms with Crippen LogP contribution in [0.2, 0.25) is 0 Å². The molecule has 1 saturated carbocycles. The Morgan fingerprint density at radius 3 is 2.74 bits per heavy atom. The number of nitrogens with zero attached hydrogens (tertiary/aromatic N) is 2. The maximum absolute atomic E-state index is 12.6. The van der Waals surface area contributed by atoms with Crippen LogP contribution >= 0.6 is 0 Å². The Balaban J connectivity index is 1.62. The van der Waals surface area contributed by atoms with E-state index in [2.05, 4.69) is 4.90 Å². The number of carbonyl (C=O) groups excluding carboxylic acids is 1. The lowest BCUT2D eigenvalue weighted by molar-refractivity contribution is -0.164. The van der Waals surface area contributed by atoms with Crippen LogP contribution in [0, 0.1) is 0 Å². The average Bonchev–Trinajstić information content (AvgIpc) is 2.86. The molecular formula is C14H24N2O3. The minimum absolute atomic E-state index is 0.0471. The molecule has 5 heteroatoms. The second kappa shape index (κ2) is 5.38. The largest absolute Gasteiger partial charge is 0.371 e. The van der Waals surface area contributed by atoms with Crippen molar-refractivity contribution in [1.29, 1.82) is 0 Å². The Bertz CT molecular complexity index is 342. The second-order valence-electron chi connectivity index (χ2n) is 6.12. The monoisotopic (exact) mass is 268 g/mol. The van der Waals surface area contributed by atoms with Crippen LogP contribution in [-0.4, -0.2) is 73.9 Å². The van der Waals surface area contributed by atoms with Gasteiger partial charge in [-0.05, 0) is 19.9 Å². The van der Waals surface area contributed by atoms with Gasteiger partial charge in [-0.3, -0.25) is 4.79 Å². The minimum atomic E-state index is -0.282. The third kappa shape index (κ3) is 2.78. The molecule has 1 spiro atoms. The molecule has 3 aliphatic rings. The molecule has 19 heavy (non-hydrogen) atoms. The number of hydrogen-bond acceptors (Lipinski definition) is 4.